The summed E-state index contributed by atoms with van der Waals surface area (Å²) in [5, 5.41) is 16.3. The minimum Gasteiger partial charge on any atom is -0.387 e. The van der Waals surface area contributed by atoms with E-state index in [1.54, 1.807) is 0 Å². The minimum absolute atomic E-state index is 0.478. The number of aliphatic hydroxyl groups excluding tert-OH is 1. The molecule has 3 aromatic carbocycles. The zero-order valence-corrected chi connectivity index (χ0v) is 19.5. The van der Waals surface area contributed by atoms with Gasteiger partial charge in [-0.2, -0.15) is 0 Å². The Kier molecular flexibility index (Phi) is 7.05. The molecule has 0 saturated carbocycles. The van der Waals surface area contributed by atoms with Crippen LogP contribution in [-0.4, -0.2) is 18.2 Å². The number of benzene rings is 3. The zero-order valence-electron chi connectivity index (χ0n) is 17.3. The molecular formula is C26H24Cl3NO. The second-order valence-corrected chi connectivity index (χ2v) is 9.10. The summed E-state index contributed by atoms with van der Waals surface area (Å²) in [4.78, 5) is 0. The van der Waals surface area contributed by atoms with Gasteiger partial charge >= 0.3 is 0 Å². The molecule has 2 N–H and O–H groups in total. The number of unbranched alkanes of at least 4 members (excludes halogenated alkanes) is 1. The molecular weight excluding hydrogens is 449 g/mol. The van der Waals surface area contributed by atoms with E-state index in [1.807, 2.05) is 54.6 Å². The number of aliphatic hydroxyl groups is 1. The van der Waals surface area contributed by atoms with E-state index in [-0.39, 0.29) is 0 Å². The van der Waals surface area contributed by atoms with Crippen molar-refractivity contribution in [3.8, 4) is 11.1 Å². The molecule has 0 fully saturated rings. The lowest BCUT2D eigenvalue weighted by Crippen LogP contribution is -2.22. The fourth-order valence-electron chi connectivity index (χ4n) is 4.04. The molecule has 0 amide bonds. The Bertz CT molecular complexity index is 1120. The first-order valence-corrected chi connectivity index (χ1v) is 11.6. The van der Waals surface area contributed by atoms with E-state index < -0.39 is 6.10 Å². The SMILES string of the molecule is CCCCNCC(O)c1cc(Cl)cc2c1-c1ccc(Cl)cc1C2=Cc1ccc(Cl)cc1. The van der Waals surface area contributed by atoms with Crippen LogP contribution in [0.4, 0.5) is 0 Å². The monoisotopic (exact) mass is 471 g/mol. The Balaban J connectivity index is 1.83. The van der Waals surface area contributed by atoms with E-state index in [0.29, 0.717) is 21.6 Å². The molecule has 3 aromatic rings. The Labute approximate surface area is 198 Å². The third-order valence-corrected chi connectivity index (χ3v) is 6.26. The second-order valence-electron chi connectivity index (χ2n) is 7.79. The maximum atomic E-state index is 11.0. The van der Waals surface area contributed by atoms with Gasteiger partial charge in [0.1, 0.15) is 0 Å². The quantitative estimate of drug-likeness (QED) is 0.271. The highest BCUT2D eigenvalue weighted by Gasteiger charge is 2.29. The molecule has 1 atom stereocenters. The van der Waals surface area contributed by atoms with Gasteiger partial charge in [0.2, 0.25) is 0 Å². The van der Waals surface area contributed by atoms with Crippen molar-refractivity contribution in [1.82, 2.24) is 5.32 Å². The Morgan fingerprint density at radius 1 is 0.871 bits per heavy atom. The first-order chi connectivity index (χ1) is 15.0. The fraction of sp³-hybridized carbons (Fsp3) is 0.231. The van der Waals surface area contributed by atoms with Gasteiger partial charge in [-0.1, -0.05) is 66.3 Å². The van der Waals surface area contributed by atoms with Gasteiger partial charge in [-0.3, -0.25) is 0 Å². The molecule has 0 spiro atoms. The summed E-state index contributed by atoms with van der Waals surface area (Å²) in [5.41, 5.74) is 7.00. The van der Waals surface area contributed by atoms with Crippen LogP contribution >= 0.6 is 34.8 Å². The van der Waals surface area contributed by atoms with Crippen LogP contribution in [0.25, 0.3) is 22.8 Å². The van der Waals surface area contributed by atoms with Crippen molar-refractivity contribution in [2.24, 2.45) is 0 Å². The molecule has 0 aliphatic heterocycles. The number of rotatable bonds is 7. The molecule has 5 heteroatoms. The van der Waals surface area contributed by atoms with Crippen molar-refractivity contribution in [1.29, 1.82) is 0 Å². The molecule has 0 radical (unpaired) electrons. The third kappa shape index (κ3) is 4.84. The summed E-state index contributed by atoms with van der Waals surface area (Å²) in [6.07, 6.45) is 3.64. The van der Waals surface area contributed by atoms with Gasteiger partial charge < -0.3 is 10.4 Å². The molecule has 0 bridgehead atoms. The van der Waals surface area contributed by atoms with Crippen molar-refractivity contribution in [3.05, 3.63) is 91.9 Å². The van der Waals surface area contributed by atoms with Gasteiger partial charge in [0.15, 0.2) is 0 Å². The van der Waals surface area contributed by atoms with Crippen LogP contribution < -0.4 is 5.32 Å². The van der Waals surface area contributed by atoms with E-state index in [0.717, 1.165) is 58.3 Å². The summed E-state index contributed by atoms with van der Waals surface area (Å²) < 4.78 is 0. The largest absolute Gasteiger partial charge is 0.387 e. The number of hydrogen-bond donors (Lipinski definition) is 2. The Hall–Kier alpha value is -1.81. The summed E-state index contributed by atoms with van der Waals surface area (Å²) in [5.74, 6) is 0. The summed E-state index contributed by atoms with van der Waals surface area (Å²) >= 11 is 18.9. The lowest BCUT2D eigenvalue weighted by atomic mass is 9.95. The van der Waals surface area contributed by atoms with Crippen molar-refractivity contribution >= 4 is 46.5 Å². The lowest BCUT2D eigenvalue weighted by Gasteiger charge is -2.17. The molecule has 1 aliphatic carbocycles. The molecule has 1 unspecified atom stereocenters. The third-order valence-electron chi connectivity index (χ3n) is 5.55. The maximum Gasteiger partial charge on any atom is 0.0921 e. The van der Waals surface area contributed by atoms with Crippen LogP contribution in [0.15, 0.2) is 54.6 Å². The first kappa shape index (κ1) is 22.4. The van der Waals surface area contributed by atoms with Crippen LogP contribution in [-0.2, 0) is 0 Å². The molecule has 1 aliphatic rings. The van der Waals surface area contributed by atoms with Gasteiger partial charge in [0.05, 0.1) is 6.10 Å². The van der Waals surface area contributed by atoms with E-state index in [4.69, 9.17) is 34.8 Å². The van der Waals surface area contributed by atoms with Crippen LogP contribution in [0.5, 0.6) is 0 Å². The van der Waals surface area contributed by atoms with Gasteiger partial charge in [-0.25, -0.2) is 0 Å². The highest BCUT2D eigenvalue weighted by molar-refractivity contribution is 6.32. The number of fused-ring (bicyclic) bond motifs is 3. The average Bonchev–Trinajstić information content (AvgIpc) is 3.04. The van der Waals surface area contributed by atoms with Crippen LogP contribution in [0, 0.1) is 0 Å². The van der Waals surface area contributed by atoms with Crippen molar-refractivity contribution in [2.45, 2.75) is 25.9 Å². The van der Waals surface area contributed by atoms with Gasteiger partial charge in [0.25, 0.3) is 0 Å². The molecule has 0 saturated heterocycles. The lowest BCUT2D eigenvalue weighted by molar-refractivity contribution is 0.175. The Morgan fingerprint density at radius 3 is 2.32 bits per heavy atom. The van der Waals surface area contributed by atoms with E-state index in [2.05, 4.69) is 18.3 Å². The minimum atomic E-state index is -0.664. The van der Waals surface area contributed by atoms with E-state index in [1.165, 1.54) is 0 Å². The molecule has 0 aromatic heterocycles. The smallest absolute Gasteiger partial charge is 0.0921 e. The normalized spacial score (nSPS) is 14.5. The van der Waals surface area contributed by atoms with Gasteiger partial charge in [0, 0.05) is 21.6 Å². The predicted octanol–water partition coefficient (Wildman–Crippen LogP) is 7.64. The van der Waals surface area contributed by atoms with E-state index >= 15 is 0 Å². The van der Waals surface area contributed by atoms with Gasteiger partial charge in [-0.15, -0.1) is 0 Å². The van der Waals surface area contributed by atoms with Crippen molar-refractivity contribution < 1.29 is 5.11 Å². The summed E-state index contributed by atoms with van der Waals surface area (Å²) in [6.45, 7) is 3.51. The second kappa shape index (κ2) is 9.77. The van der Waals surface area contributed by atoms with Gasteiger partial charge in [-0.05, 0) is 94.4 Å². The fourth-order valence-corrected chi connectivity index (χ4v) is 4.56. The zero-order chi connectivity index (χ0) is 22.0. The highest BCUT2D eigenvalue weighted by atomic mass is 35.5. The first-order valence-electron chi connectivity index (χ1n) is 10.5. The molecule has 4 rings (SSSR count). The standard InChI is InChI=1S/C26H24Cl3NO/c1-2-3-10-30-15-25(31)24-14-19(29)13-23-21(11-16-4-6-17(27)7-5-16)22-12-18(28)8-9-20(22)26(23)24/h4-9,11-14,25,30-31H,2-3,10,15H2,1H3. The van der Waals surface area contributed by atoms with Crippen LogP contribution in [0.1, 0.15) is 48.1 Å². The summed E-state index contributed by atoms with van der Waals surface area (Å²) in [7, 11) is 0. The number of halogens is 3. The molecule has 160 valence electrons. The number of nitrogens with one attached hydrogen (secondary N) is 1. The highest BCUT2D eigenvalue weighted by Crippen LogP contribution is 2.49. The summed E-state index contributed by atoms with van der Waals surface area (Å²) in [6, 6.07) is 17.4. The molecule has 31 heavy (non-hydrogen) atoms. The van der Waals surface area contributed by atoms with Crippen LogP contribution in [0.3, 0.4) is 0 Å². The molecule has 0 heterocycles. The average molecular weight is 473 g/mol. The van der Waals surface area contributed by atoms with Crippen molar-refractivity contribution in [2.75, 3.05) is 13.1 Å². The van der Waals surface area contributed by atoms with E-state index in [9.17, 15) is 5.11 Å². The predicted molar refractivity (Wildman–Crippen MR) is 133 cm³/mol. The Morgan fingerprint density at radius 2 is 1.58 bits per heavy atom. The topological polar surface area (TPSA) is 32.3 Å². The maximum absolute atomic E-state index is 11.0. The molecule has 2 nitrogen and oxygen atoms in total. The number of hydrogen-bond acceptors (Lipinski definition) is 2. The van der Waals surface area contributed by atoms with Crippen LogP contribution in [0.2, 0.25) is 15.1 Å². The van der Waals surface area contributed by atoms with Crippen molar-refractivity contribution in [3.63, 3.8) is 0 Å².